The van der Waals surface area contributed by atoms with Gasteiger partial charge in [0.25, 0.3) is 0 Å². The fourth-order valence-electron chi connectivity index (χ4n) is 3.38. The van der Waals surface area contributed by atoms with E-state index in [1.165, 1.54) is 11.3 Å². The molecule has 0 bridgehead atoms. The Labute approximate surface area is 144 Å². The van der Waals surface area contributed by atoms with Crippen molar-refractivity contribution in [2.75, 3.05) is 13.1 Å². The predicted molar refractivity (Wildman–Crippen MR) is 96.3 cm³/mol. The molecule has 0 radical (unpaired) electrons. The van der Waals surface area contributed by atoms with E-state index in [1.54, 1.807) is 0 Å². The first-order valence-corrected chi connectivity index (χ1v) is 9.33. The highest BCUT2D eigenvalue weighted by atomic mass is 16.3. The van der Waals surface area contributed by atoms with Gasteiger partial charge in [-0.25, -0.2) is 0 Å². The second kappa shape index (κ2) is 7.13. The number of fused-ring (bicyclic) bond motifs is 1. The van der Waals surface area contributed by atoms with Crippen LogP contribution >= 0.6 is 0 Å². The van der Waals surface area contributed by atoms with Gasteiger partial charge in [0, 0.05) is 31.2 Å². The van der Waals surface area contributed by atoms with Gasteiger partial charge in [-0.1, -0.05) is 0 Å². The summed E-state index contributed by atoms with van der Waals surface area (Å²) < 4.78 is 2.07. The number of nitrogens with zero attached hydrogens (tertiary/aromatic N) is 3. The van der Waals surface area contributed by atoms with Crippen LogP contribution in [0, 0.1) is 0 Å². The lowest BCUT2D eigenvalue weighted by Crippen LogP contribution is -2.47. The summed E-state index contributed by atoms with van der Waals surface area (Å²) in [6.45, 7) is 7.70. The highest BCUT2D eigenvalue weighted by Crippen LogP contribution is 2.31. The average molecular weight is 333 g/mol. The van der Waals surface area contributed by atoms with Crippen molar-refractivity contribution in [2.45, 2.75) is 77.0 Å². The van der Waals surface area contributed by atoms with Crippen molar-refractivity contribution in [3.8, 4) is 0 Å². The largest absolute Gasteiger partial charge is 0.388 e. The minimum atomic E-state index is -0.571. The Morgan fingerprint density at radius 2 is 2.29 bits per heavy atom. The molecule has 0 saturated heterocycles. The summed E-state index contributed by atoms with van der Waals surface area (Å²) >= 11 is 0. The van der Waals surface area contributed by atoms with E-state index in [0.717, 1.165) is 51.0 Å². The van der Waals surface area contributed by atoms with Gasteiger partial charge in [-0.15, -0.1) is 0 Å². The monoisotopic (exact) mass is 333 g/mol. The molecule has 2 aliphatic carbocycles. The Hall–Kier alpha value is -1.56. The standard InChI is InChI=1S/C18H31N5O/c1-4-19-17(20-12-18(24)8-5-9-18)21-15-7-6-14-11-23(13(2)3)22-16(14)10-15/h11,13,15,24H,4-10,12H2,1-3H3,(H2,19,20,21). The molecule has 1 fully saturated rings. The zero-order valence-corrected chi connectivity index (χ0v) is 15.2. The van der Waals surface area contributed by atoms with Crippen molar-refractivity contribution >= 4 is 5.96 Å². The molecule has 3 rings (SSSR count). The number of rotatable bonds is 5. The number of aryl methyl sites for hydroxylation is 1. The van der Waals surface area contributed by atoms with Crippen molar-refractivity contribution in [1.29, 1.82) is 0 Å². The van der Waals surface area contributed by atoms with E-state index in [1.807, 2.05) is 0 Å². The lowest BCUT2D eigenvalue weighted by Gasteiger charge is -2.35. The van der Waals surface area contributed by atoms with E-state index >= 15 is 0 Å². The van der Waals surface area contributed by atoms with E-state index in [4.69, 9.17) is 5.10 Å². The van der Waals surface area contributed by atoms with Gasteiger partial charge in [-0.05, 0) is 58.4 Å². The number of aliphatic imine (C=N–C) groups is 1. The molecule has 1 aromatic rings. The van der Waals surface area contributed by atoms with Crippen LogP contribution in [0.5, 0.6) is 0 Å². The molecule has 0 aromatic carbocycles. The highest BCUT2D eigenvalue weighted by molar-refractivity contribution is 5.80. The van der Waals surface area contributed by atoms with Crippen LogP contribution in [0.25, 0.3) is 0 Å². The van der Waals surface area contributed by atoms with Crippen LogP contribution in [-0.2, 0) is 12.8 Å². The average Bonchev–Trinajstić information content (AvgIpc) is 2.94. The molecular formula is C18H31N5O. The first-order valence-electron chi connectivity index (χ1n) is 9.33. The van der Waals surface area contributed by atoms with Crippen LogP contribution in [-0.4, -0.2) is 45.6 Å². The van der Waals surface area contributed by atoms with Crippen LogP contribution in [0.1, 0.15) is 63.8 Å². The van der Waals surface area contributed by atoms with Crippen molar-refractivity contribution < 1.29 is 5.11 Å². The molecule has 1 aromatic heterocycles. The predicted octanol–water partition coefficient (Wildman–Crippen LogP) is 1.79. The number of nitrogens with one attached hydrogen (secondary N) is 2. The maximum atomic E-state index is 10.2. The molecule has 24 heavy (non-hydrogen) atoms. The van der Waals surface area contributed by atoms with Gasteiger partial charge in [0.05, 0.1) is 17.8 Å². The molecule has 1 heterocycles. The number of aromatic nitrogens is 2. The van der Waals surface area contributed by atoms with Crippen LogP contribution in [0.4, 0.5) is 0 Å². The Morgan fingerprint density at radius 1 is 1.50 bits per heavy atom. The van der Waals surface area contributed by atoms with Gasteiger partial charge < -0.3 is 15.7 Å². The van der Waals surface area contributed by atoms with E-state index in [2.05, 4.69) is 47.3 Å². The first-order chi connectivity index (χ1) is 11.5. The minimum Gasteiger partial charge on any atom is -0.388 e. The Kier molecular flexibility index (Phi) is 5.13. The molecule has 1 saturated carbocycles. The van der Waals surface area contributed by atoms with Gasteiger partial charge in [-0.2, -0.15) is 5.10 Å². The van der Waals surface area contributed by atoms with Crippen LogP contribution in [0.3, 0.4) is 0 Å². The van der Waals surface area contributed by atoms with E-state index in [9.17, 15) is 5.11 Å². The summed E-state index contributed by atoms with van der Waals surface area (Å²) in [5, 5.41) is 21.8. The topological polar surface area (TPSA) is 74.5 Å². The van der Waals surface area contributed by atoms with E-state index < -0.39 is 5.60 Å². The summed E-state index contributed by atoms with van der Waals surface area (Å²) in [5.74, 6) is 0.814. The molecule has 1 unspecified atom stereocenters. The SMILES string of the molecule is CCNC(=NCC1(O)CCC1)NC1CCc2cn(C(C)C)nc2C1. The third kappa shape index (κ3) is 3.91. The maximum Gasteiger partial charge on any atom is 0.191 e. The lowest BCUT2D eigenvalue weighted by molar-refractivity contribution is -0.0236. The molecule has 6 nitrogen and oxygen atoms in total. The smallest absolute Gasteiger partial charge is 0.191 e. The molecule has 0 spiro atoms. The molecule has 1 atom stereocenters. The molecule has 2 aliphatic rings. The molecule has 3 N–H and O–H groups in total. The summed E-state index contributed by atoms with van der Waals surface area (Å²) in [6, 6.07) is 0.756. The Balaban J connectivity index is 1.61. The van der Waals surface area contributed by atoms with Gasteiger partial charge in [-0.3, -0.25) is 9.67 Å². The van der Waals surface area contributed by atoms with Crippen LogP contribution in [0.2, 0.25) is 0 Å². The second-order valence-corrected chi connectivity index (χ2v) is 7.53. The quantitative estimate of drug-likeness (QED) is 0.567. The maximum absolute atomic E-state index is 10.2. The fraction of sp³-hybridized carbons (Fsp3) is 0.778. The summed E-state index contributed by atoms with van der Waals surface area (Å²) in [4.78, 5) is 4.61. The summed E-state index contributed by atoms with van der Waals surface area (Å²) in [5.41, 5.74) is 2.02. The lowest BCUT2D eigenvalue weighted by atomic mass is 9.80. The Bertz CT molecular complexity index is 588. The number of hydrogen-bond donors (Lipinski definition) is 3. The first kappa shape index (κ1) is 17.3. The highest BCUT2D eigenvalue weighted by Gasteiger charge is 2.34. The second-order valence-electron chi connectivity index (χ2n) is 7.53. The molecular weight excluding hydrogens is 302 g/mol. The number of hydrogen-bond acceptors (Lipinski definition) is 3. The van der Waals surface area contributed by atoms with Crippen molar-refractivity contribution in [2.24, 2.45) is 4.99 Å². The van der Waals surface area contributed by atoms with Crippen molar-refractivity contribution in [3.05, 3.63) is 17.5 Å². The van der Waals surface area contributed by atoms with Gasteiger partial charge in [0.2, 0.25) is 0 Å². The fourth-order valence-corrected chi connectivity index (χ4v) is 3.38. The van der Waals surface area contributed by atoms with Crippen molar-refractivity contribution in [3.63, 3.8) is 0 Å². The zero-order chi connectivity index (χ0) is 17.2. The normalized spacial score (nSPS) is 22.9. The summed E-state index contributed by atoms with van der Waals surface area (Å²) in [6.07, 6.45) is 8.13. The van der Waals surface area contributed by atoms with Crippen LogP contribution < -0.4 is 10.6 Å². The summed E-state index contributed by atoms with van der Waals surface area (Å²) in [7, 11) is 0. The van der Waals surface area contributed by atoms with Crippen molar-refractivity contribution in [1.82, 2.24) is 20.4 Å². The van der Waals surface area contributed by atoms with E-state index in [-0.39, 0.29) is 0 Å². The van der Waals surface area contributed by atoms with Gasteiger partial charge >= 0.3 is 0 Å². The molecule has 0 aliphatic heterocycles. The number of aliphatic hydroxyl groups is 1. The molecule has 6 heteroatoms. The number of guanidine groups is 1. The minimum absolute atomic E-state index is 0.349. The van der Waals surface area contributed by atoms with Gasteiger partial charge in [0.1, 0.15) is 0 Å². The molecule has 134 valence electrons. The third-order valence-corrected chi connectivity index (χ3v) is 5.13. The Morgan fingerprint density at radius 3 is 2.92 bits per heavy atom. The van der Waals surface area contributed by atoms with E-state index in [0.29, 0.717) is 18.6 Å². The third-order valence-electron chi connectivity index (χ3n) is 5.13. The zero-order valence-electron chi connectivity index (χ0n) is 15.2. The van der Waals surface area contributed by atoms with Crippen LogP contribution in [0.15, 0.2) is 11.2 Å². The molecule has 0 amide bonds. The van der Waals surface area contributed by atoms with Gasteiger partial charge in [0.15, 0.2) is 5.96 Å².